The molecule has 8 nitrogen and oxygen atoms in total. The predicted molar refractivity (Wildman–Crippen MR) is 135 cm³/mol. The average Bonchev–Trinajstić information content (AvgIpc) is 3.15. The fourth-order valence-electron chi connectivity index (χ4n) is 4.01. The summed E-state index contributed by atoms with van der Waals surface area (Å²) in [4.78, 5) is 20.2. The zero-order valence-electron chi connectivity index (χ0n) is 18.4. The molecule has 0 saturated heterocycles. The molecule has 3 aromatic carbocycles. The summed E-state index contributed by atoms with van der Waals surface area (Å²) >= 11 is 6.17. The van der Waals surface area contributed by atoms with Gasteiger partial charge in [0.2, 0.25) is 10.0 Å². The van der Waals surface area contributed by atoms with Gasteiger partial charge in [-0.15, -0.1) is 0 Å². The third-order valence-corrected chi connectivity index (χ3v) is 7.98. The quantitative estimate of drug-likeness (QED) is 0.469. The van der Waals surface area contributed by atoms with Gasteiger partial charge < -0.3 is 0 Å². The second-order valence-electron chi connectivity index (χ2n) is 8.01. The van der Waals surface area contributed by atoms with E-state index in [1.54, 1.807) is 48.5 Å². The first kappa shape index (κ1) is 24.9. The minimum atomic E-state index is -4.05. The molecule has 1 aliphatic heterocycles. The summed E-state index contributed by atoms with van der Waals surface area (Å²) in [5, 5.41) is 5.30. The topological polar surface area (TPSA) is 136 Å². The van der Waals surface area contributed by atoms with Gasteiger partial charge >= 0.3 is 0 Å². The highest BCUT2D eigenvalue weighted by molar-refractivity contribution is 7.90. The Hall–Kier alpha value is -3.18. The third-order valence-electron chi connectivity index (χ3n) is 5.56. The van der Waals surface area contributed by atoms with Crippen LogP contribution in [0.1, 0.15) is 11.1 Å². The number of sulfone groups is 1. The second-order valence-corrected chi connectivity index (χ2v) is 11.9. The zero-order chi connectivity index (χ0) is 25.4. The van der Waals surface area contributed by atoms with Gasteiger partial charge in [-0.1, -0.05) is 72.3 Å². The Morgan fingerprint density at radius 1 is 0.914 bits per heavy atom. The van der Waals surface area contributed by atoms with Crippen LogP contribution in [0, 0.1) is 0 Å². The summed E-state index contributed by atoms with van der Waals surface area (Å²) in [6.07, 6.45) is 1.55. The van der Waals surface area contributed by atoms with E-state index in [1.165, 1.54) is 18.2 Å². The first-order valence-corrected chi connectivity index (χ1v) is 14.1. The largest absolute Gasteiger partial charge is 0.296 e. The van der Waals surface area contributed by atoms with Gasteiger partial charge in [0.05, 0.1) is 9.79 Å². The summed E-state index contributed by atoms with van der Waals surface area (Å²) in [5.74, 6) is 0. The summed E-state index contributed by atoms with van der Waals surface area (Å²) in [6, 6.07) is 19.5. The van der Waals surface area contributed by atoms with Crippen LogP contribution < -0.4 is 5.14 Å². The lowest BCUT2D eigenvalue weighted by molar-refractivity contribution is -0.102. The van der Waals surface area contributed by atoms with E-state index < -0.39 is 25.5 Å². The lowest BCUT2D eigenvalue weighted by Gasteiger charge is -2.25. The Labute approximate surface area is 208 Å². The van der Waals surface area contributed by atoms with Gasteiger partial charge in [0, 0.05) is 23.8 Å². The standard InChI is InChI=1S/C24H20ClN3O5S2/c1-34(30,31)22-13-16(19-9-5-6-10-21(19)35(26,32)33)11-12-17(22)14-24(18-7-3-2-4-8-18)27-20(15-29)23(25)28-24/h2-13,15H,14H2,1H3,(H2,26,32,33). The van der Waals surface area contributed by atoms with E-state index in [0.717, 1.165) is 6.26 Å². The molecule has 2 N–H and O–H groups in total. The van der Waals surface area contributed by atoms with Crippen molar-refractivity contribution in [2.75, 3.05) is 6.26 Å². The number of hydrogen-bond acceptors (Lipinski definition) is 7. The highest BCUT2D eigenvalue weighted by atomic mass is 35.5. The van der Waals surface area contributed by atoms with Gasteiger partial charge in [-0.05, 0) is 23.3 Å². The van der Waals surface area contributed by atoms with Crippen molar-refractivity contribution in [1.29, 1.82) is 0 Å². The monoisotopic (exact) mass is 529 g/mol. The molecular weight excluding hydrogens is 510 g/mol. The van der Waals surface area contributed by atoms with E-state index in [0.29, 0.717) is 23.0 Å². The van der Waals surface area contributed by atoms with Crippen molar-refractivity contribution < 1.29 is 21.6 Å². The van der Waals surface area contributed by atoms with Crippen LogP contribution in [0.15, 0.2) is 92.6 Å². The fraction of sp³-hybridized carbons (Fsp3) is 0.125. The number of aldehydes is 1. The minimum absolute atomic E-state index is 0.00983. The van der Waals surface area contributed by atoms with Crippen molar-refractivity contribution >= 4 is 48.6 Å². The number of halogens is 1. The van der Waals surface area contributed by atoms with Crippen LogP contribution in [0.3, 0.4) is 0 Å². The van der Waals surface area contributed by atoms with E-state index >= 15 is 0 Å². The maximum Gasteiger partial charge on any atom is 0.238 e. The summed E-state index contributed by atoms with van der Waals surface area (Å²) < 4.78 is 49.8. The van der Waals surface area contributed by atoms with Crippen molar-refractivity contribution in [2.45, 2.75) is 21.9 Å². The molecule has 1 unspecified atom stereocenters. The molecule has 1 heterocycles. The van der Waals surface area contributed by atoms with E-state index in [2.05, 4.69) is 9.98 Å². The SMILES string of the molecule is CS(=O)(=O)c1cc(-c2ccccc2S(N)(=O)=O)ccc1CC1(c2ccccc2)N=C(Cl)C(C=O)=N1. The number of hydrogen-bond donors (Lipinski definition) is 1. The summed E-state index contributed by atoms with van der Waals surface area (Å²) in [6.45, 7) is 0. The van der Waals surface area contributed by atoms with Crippen molar-refractivity contribution in [1.82, 2.24) is 0 Å². The zero-order valence-corrected chi connectivity index (χ0v) is 20.8. The lowest BCUT2D eigenvalue weighted by Crippen LogP contribution is -2.24. The van der Waals surface area contributed by atoms with Crippen molar-refractivity contribution in [3.63, 3.8) is 0 Å². The molecule has 0 saturated carbocycles. The number of nitrogens with zero attached hydrogens (tertiary/aromatic N) is 2. The maximum absolute atomic E-state index is 12.8. The summed E-state index contributed by atoms with van der Waals surface area (Å²) in [7, 11) is -7.83. The van der Waals surface area contributed by atoms with Crippen LogP contribution in [-0.2, 0) is 36.7 Å². The molecule has 0 bridgehead atoms. The molecule has 1 atom stereocenters. The molecule has 180 valence electrons. The fourth-order valence-corrected chi connectivity index (χ4v) is 5.96. The molecule has 1 aliphatic rings. The number of rotatable bonds is 7. The van der Waals surface area contributed by atoms with Crippen LogP contribution in [0.5, 0.6) is 0 Å². The van der Waals surface area contributed by atoms with Gasteiger partial charge in [0.1, 0.15) is 5.71 Å². The molecule has 0 radical (unpaired) electrons. The number of primary sulfonamides is 1. The van der Waals surface area contributed by atoms with Crippen molar-refractivity contribution in [2.24, 2.45) is 15.1 Å². The lowest BCUT2D eigenvalue weighted by atomic mass is 9.92. The maximum atomic E-state index is 12.8. The van der Waals surface area contributed by atoms with E-state index in [1.807, 2.05) is 6.07 Å². The smallest absolute Gasteiger partial charge is 0.238 e. The molecule has 11 heteroatoms. The molecule has 4 rings (SSSR count). The van der Waals surface area contributed by atoms with Crippen molar-refractivity contribution in [3.8, 4) is 11.1 Å². The first-order valence-electron chi connectivity index (χ1n) is 10.3. The molecule has 0 fully saturated rings. The van der Waals surface area contributed by atoms with Gasteiger partial charge in [-0.25, -0.2) is 32.0 Å². The van der Waals surface area contributed by atoms with Gasteiger partial charge in [0.25, 0.3) is 0 Å². The van der Waals surface area contributed by atoms with Crippen molar-refractivity contribution in [3.05, 3.63) is 83.9 Å². The Morgan fingerprint density at radius 3 is 2.17 bits per heavy atom. The number of carbonyl (C=O) groups excluding carboxylic acids is 1. The van der Waals surface area contributed by atoms with Crippen LogP contribution in [0.25, 0.3) is 11.1 Å². The molecule has 35 heavy (non-hydrogen) atoms. The van der Waals surface area contributed by atoms with Crippen LogP contribution in [0.4, 0.5) is 0 Å². The van der Waals surface area contributed by atoms with Crippen LogP contribution >= 0.6 is 11.6 Å². The third kappa shape index (κ3) is 4.96. The number of sulfonamides is 1. The van der Waals surface area contributed by atoms with Crippen LogP contribution in [0.2, 0.25) is 0 Å². The Morgan fingerprint density at radius 2 is 1.57 bits per heavy atom. The van der Waals surface area contributed by atoms with E-state index in [4.69, 9.17) is 16.7 Å². The summed E-state index contributed by atoms with van der Waals surface area (Å²) in [5.41, 5.74) is 0.254. The van der Waals surface area contributed by atoms with E-state index in [9.17, 15) is 21.6 Å². The Kier molecular flexibility index (Phi) is 6.50. The highest BCUT2D eigenvalue weighted by Crippen LogP contribution is 2.39. The van der Waals surface area contributed by atoms with Gasteiger partial charge in [-0.2, -0.15) is 0 Å². The first-order chi connectivity index (χ1) is 16.4. The average molecular weight is 530 g/mol. The molecule has 0 aliphatic carbocycles. The second kappa shape index (κ2) is 9.12. The van der Waals surface area contributed by atoms with Gasteiger partial charge in [-0.3, -0.25) is 4.79 Å². The number of carbonyl (C=O) groups is 1. The number of benzene rings is 3. The molecule has 3 aromatic rings. The highest BCUT2D eigenvalue weighted by Gasteiger charge is 2.39. The minimum Gasteiger partial charge on any atom is -0.296 e. The molecule has 0 amide bonds. The Bertz CT molecular complexity index is 1600. The number of aliphatic imine (C=N–C) groups is 2. The molecular formula is C24H20ClN3O5S2. The molecule has 0 aromatic heterocycles. The number of nitrogens with two attached hydrogens (primary N) is 1. The normalized spacial score (nSPS) is 18.1. The molecule has 0 spiro atoms. The Balaban J connectivity index is 1.91. The van der Waals surface area contributed by atoms with E-state index in [-0.39, 0.29) is 32.7 Å². The van der Waals surface area contributed by atoms with Gasteiger partial charge in [0.15, 0.2) is 27.0 Å². The predicted octanol–water partition coefficient (Wildman–Crippen LogP) is 3.09. The van der Waals surface area contributed by atoms with Crippen LogP contribution in [-0.4, -0.2) is 40.3 Å².